The highest BCUT2D eigenvalue weighted by Gasteiger charge is 2.18. The van der Waals surface area contributed by atoms with Gasteiger partial charge < -0.3 is 4.74 Å². The summed E-state index contributed by atoms with van der Waals surface area (Å²) >= 11 is 0. The molecule has 2 aromatic rings. The van der Waals surface area contributed by atoms with Gasteiger partial charge in [-0.25, -0.2) is 13.1 Å². The minimum absolute atomic E-state index is 0.226. The summed E-state index contributed by atoms with van der Waals surface area (Å²) in [6, 6.07) is 12.0. The van der Waals surface area contributed by atoms with Gasteiger partial charge in [-0.15, -0.1) is 0 Å². The van der Waals surface area contributed by atoms with Gasteiger partial charge in [0.25, 0.3) is 0 Å². The van der Waals surface area contributed by atoms with Crippen molar-refractivity contribution < 1.29 is 13.2 Å². The molecule has 0 heterocycles. The molecule has 0 amide bonds. The molecule has 1 N–H and O–H groups in total. The van der Waals surface area contributed by atoms with Gasteiger partial charge in [0.05, 0.1) is 12.0 Å². The Morgan fingerprint density at radius 3 is 2.18 bits per heavy atom. The number of rotatable bonds is 5. The second-order valence-electron chi connectivity index (χ2n) is 5.36. The molecule has 0 saturated carbocycles. The van der Waals surface area contributed by atoms with E-state index in [0.29, 0.717) is 5.75 Å². The second-order valence-corrected chi connectivity index (χ2v) is 7.08. The molecule has 0 aliphatic heterocycles. The summed E-state index contributed by atoms with van der Waals surface area (Å²) in [5.74, 6) is 0.626. The zero-order valence-corrected chi connectivity index (χ0v) is 14.1. The summed E-state index contributed by atoms with van der Waals surface area (Å²) in [4.78, 5) is 0.226. The van der Waals surface area contributed by atoms with Crippen molar-refractivity contribution in [3.05, 3.63) is 59.2 Å². The molecule has 0 aromatic heterocycles. The van der Waals surface area contributed by atoms with Crippen LogP contribution in [0.25, 0.3) is 0 Å². The Labute approximate surface area is 132 Å². The predicted molar refractivity (Wildman–Crippen MR) is 87.6 cm³/mol. The minimum Gasteiger partial charge on any atom is -0.497 e. The average molecular weight is 319 g/mol. The van der Waals surface area contributed by atoms with Crippen LogP contribution in [-0.2, 0) is 10.0 Å². The SMILES string of the molecule is COc1ccc(S(=O)(=O)N[C@H](C)c2ccc(C)c(C)c2)cc1. The molecule has 2 rings (SSSR count). The first-order valence-corrected chi connectivity index (χ1v) is 8.55. The lowest BCUT2D eigenvalue weighted by molar-refractivity contribution is 0.414. The van der Waals surface area contributed by atoms with Crippen LogP contribution < -0.4 is 9.46 Å². The molecule has 0 saturated heterocycles. The van der Waals surface area contributed by atoms with Gasteiger partial charge in [0.15, 0.2) is 0 Å². The zero-order valence-electron chi connectivity index (χ0n) is 13.3. The van der Waals surface area contributed by atoms with Crippen LogP contribution >= 0.6 is 0 Å². The van der Waals surface area contributed by atoms with E-state index in [0.717, 1.165) is 11.1 Å². The van der Waals surface area contributed by atoms with E-state index in [1.54, 1.807) is 19.2 Å². The van der Waals surface area contributed by atoms with E-state index in [-0.39, 0.29) is 10.9 Å². The summed E-state index contributed by atoms with van der Waals surface area (Å²) in [5, 5.41) is 0. The van der Waals surface area contributed by atoms with Crippen molar-refractivity contribution in [2.24, 2.45) is 0 Å². The third kappa shape index (κ3) is 3.67. The molecule has 4 nitrogen and oxygen atoms in total. The van der Waals surface area contributed by atoms with Crippen molar-refractivity contribution >= 4 is 10.0 Å². The molecule has 0 bridgehead atoms. The van der Waals surface area contributed by atoms with E-state index in [4.69, 9.17) is 4.74 Å². The number of hydrogen-bond acceptors (Lipinski definition) is 3. The molecule has 2 aromatic carbocycles. The van der Waals surface area contributed by atoms with Gasteiger partial charge in [-0.3, -0.25) is 0 Å². The van der Waals surface area contributed by atoms with Crippen molar-refractivity contribution in [1.29, 1.82) is 0 Å². The number of sulfonamides is 1. The average Bonchev–Trinajstić information content (AvgIpc) is 2.49. The number of ether oxygens (including phenoxy) is 1. The van der Waals surface area contributed by atoms with Crippen LogP contribution in [0.2, 0.25) is 0 Å². The lowest BCUT2D eigenvalue weighted by Gasteiger charge is -2.16. The Bertz CT molecular complexity index is 752. The summed E-state index contributed by atoms with van der Waals surface area (Å²) in [5.41, 5.74) is 3.28. The number of methoxy groups -OCH3 is 1. The number of aryl methyl sites for hydroxylation is 2. The number of benzene rings is 2. The Hall–Kier alpha value is -1.85. The molecular weight excluding hydrogens is 298 g/mol. The van der Waals surface area contributed by atoms with Gasteiger partial charge in [-0.1, -0.05) is 18.2 Å². The smallest absolute Gasteiger partial charge is 0.241 e. The molecule has 0 aliphatic rings. The van der Waals surface area contributed by atoms with Crippen LogP contribution in [0.3, 0.4) is 0 Å². The first kappa shape index (κ1) is 16.5. The van der Waals surface area contributed by atoms with Crippen LogP contribution in [0.1, 0.15) is 29.7 Å². The number of hydrogen-bond donors (Lipinski definition) is 1. The van der Waals surface area contributed by atoms with E-state index in [1.165, 1.54) is 17.7 Å². The van der Waals surface area contributed by atoms with Gasteiger partial charge in [-0.2, -0.15) is 0 Å². The summed E-state index contributed by atoms with van der Waals surface area (Å²) in [7, 11) is -2.02. The van der Waals surface area contributed by atoms with E-state index in [2.05, 4.69) is 4.72 Å². The summed E-state index contributed by atoms with van der Waals surface area (Å²) in [6.45, 7) is 5.89. The van der Waals surface area contributed by atoms with Crippen molar-refractivity contribution in [2.45, 2.75) is 31.7 Å². The quantitative estimate of drug-likeness (QED) is 0.919. The third-order valence-corrected chi connectivity index (χ3v) is 5.29. The Kier molecular flexibility index (Phi) is 4.88. The first-order valence-electron chi connectivity index (χ1n) is 7.07. The highest BCUT2D eigenvalue weighted by Crippen LogP contribution is 2.21. The Morgan fingerprint density at radius 1 is 1.00 bits per heavy atom. The fourth-order valence-corrected chi connectivity index (χ4v) is 3.39. The lowest BCUT2D eigenvalue weighted by Crippen LogP contribution is -2.26. The lowest BCUT2D eigenvalue weighted by atomic mass is 10.0. The standard InChI is InChI=1S/C17H21NO3S/c1-12-5-6-15(11-13(12)2)14(3)18-22(19,20)17-9-7-16(21-4)8-10-17/h5-11,14,18H,1-4H3/t14-/m1/s1. The number of nitrogens with one attached hydrogen (secondary N) is 1. The fraction of sp³-hybridized carbons (Fsp3) is 0.294. The van der Waals surface area contributed by atoms with Gasteiger partial charge >= 0.3 is 0 Å². The topological polar surface area (TPSA) is 55.4 Å². The first-order chi connectivity index (χ1) is 10.3. The van der Waals surface area contributed by atoms with Crippen LogP contribution in [0.5, 0.6) is 5.75 Å². The third-order valence-electron chi connectivity index (χ3n) is 3.73. The summed E-state index contributed by atoms with van der Waals surface area (Å²) < 4.78 is 32.6. The largest absolute Gasteiger partial charge is 0.497 e. The maximum atomic E-state index is 12.4. The van der Waals surface area contributed by atoms with Crippen molar-refractivity contribution in [3.8, 4) is 5.75 Å². The fourth-order valence-electron chi connectivity index (χ4n) is 2.16. The normalized spacial score (nSPS) is 12.9. The van der Waals surface area contributed by atoms with Crippen molar-refractivity contribution in [1.82, 2.24) is 4.72 Å². The summed E-state index contributed by atoms with van der Waals surface area (Å²) in [6.07, 6.45) is 0. The van der Waals surface area contributed by atoms with Gasteiger partial charge in [-0.05, 0) is 61.7 Å². The molecule has 1 atom stereocenters. The van der Waals surface area contributed by atoms with E-state index < -0.39 is 10.0 Å². The minimum atomic E-state index is -3.56. The van der Waals surface area contributed by atoms with Crippen molar-refractivity contribution in [3.63, 3.8) is 0 Å². The molecule has 0 fully saturated rings. The molecule has 0 unspecified atom stereocenters. The van der Waals surface area contributed by atoms with Crippen molar-refractivity contribution in [2.75, 3.05) is 7.11 Å². The van der Waals surface area contributed by atoms with Crippen LogP contribution in [0.4, 0.5) is 0 Å². The van der Waals surface area contributed by atoms with E-state index in [1.807, 2.05) is 39.0 Å². The molecule has 118 valence electrons. The molecule has 22 heavy (non-hydrogen) atoms. The van der Waals surface area contributed by atoms with Crippen LogP contribution in [0.15, 0.2) is 47.4 Å². The zero-order chi connectivity index (χ0) is 16.3. The van der Waals surface area contributed by atoms with Crippen LogP contribution in [-0.4, -0.2) is 15.5 Å². The molecule has 5 heteroatoms. The highest BCUT2D eigenvalue weighted by atomic mass is 32.2. The maximum absolute atomic E-state index is 12.4. The molecule has 0 aliphatic carbocycles. The van der Waals surface area contributed by atoms with Gasteiger partial charge in [0.1, 0.15) is 5.75 Å². The Balaban J connectivity index is 2.21. The maximum Gasteiger partial charge on any atom is 0.241 e. The van der Waals surface area contributed by atoms with Gasteiger partial charge in [0.2, 0.25) is 10.0 Å². The van der Waals surface area contributed by atoms with E-state index >= 15 is 0 Å². The molecule has 0 radical (unpaired) electrons. The Morgan fingerprint density at radius 2 is 1.64 bits per heavy atom. The second kappa shape index (κ2) is 6.50. The monoisotopic (exact) mass is 319 g/mol. The molecular formula is C17H21NO3S. The van der Waals surface area contributed by atoms with Crippen LogP contribution in [0, 0.1) is 13.8 Å². The highest BCUT2D eigenvalue weighted by molar-refractivity contribution is 7.89. The predicted octanol–water partition coefficient (Wildman–Crippen LogP) is 3.35. The molecule has 0 spiro atoms. The van der Waals surface area contributed by atoms with E-state index in [9.17, 15) is 8.42 Å². The van der Waals surface area contributed by atoms with Gasteiger partial charge in [0, 0.05) is 6.04 Å².